The van der Waals surface area contributed by atoms with Crippen LogP contribution in [0.3, 0.4) is 0 Å². The normalized spacial score (nSPS) is 13.1. The van der Waals surface area contributed by atoms with Crippen molar-refractivity contribution in [1.29, 1.82) is 0 Å². The van der Waals surface area contributed by atoms with Crippen molar-refractivity contribution in [1.82, 2.24) is 10.2 Å². The molecule has 0 aliphatic rings. The van der Waals surface area contributed by atoms with Crippen LogP contribution in [-0.4, -0.2) is 38.1 Å². The number of nitrogens with zero attached hydrogens (tertiary/aromatic N) is 1. The predicted molar refractivity (Wildman–Crippen MR) is 69.3 cm³/mol. The van der Waals surface area contributed by atoms with Crippen molar-refractivity contribution >= 4 is 0 Å². The molecular weight excluding hydrogens is 184 g/mol. The molecule has 0 aliphatic carbocycles. The van der Waals surface area contributed by atoms with Gasteiger partial charge in [0.05, 0.1) is 0 Å². The van der Waals surface area contributed by atoms with Gasteiger partial charge in [-0.05, 0) is 59.8 Å². The minimum absolute atomic E-state index is 0.657. The molecule has 0 bridgehead atoms. The Morgan fingerprint density at radius 2 is 2.00 bits per heavy atom. The van der Waals surface area contributed by atoms with Crippen LogP contribution in [0.5, 0.6) is 0 Å². The zero-order valence-electron chi connectivity index (χ0n) is 11.0. The monoisotopic (exact) mass is 212 g/mol. The molecular formula is C13H28N2. The molecule has 0 fully saturated rings. The highest BCUT2D eigenvalue weighted by molar-refractivity contribution is 4.89. The third-order valence-electron chi connectivity index (χ3n) is 2.53. The van der Waals surface area contributed by atoms with Crippen molar-refractivity contribution in [3.8, 4) is 0 Å². The number of rotatable bonds is 9. The van der Waals surface area contributed by atoms with Crippen LogP contribution < -0.4 is 5.32 Å². The summed E-state index contributed by atoms with van der Waals surface area (Å²) in [5, 5.41) is 3.61. The van der Waals surface area contributed by atoms with Gasteiger partial charge in [0.15, 0.2) is 0 Å². The van der Waals surface area contributed by atoms with E-state index in [1.54, 1.807) is 0 Å². The molecule has 1 unspecified atom stereocenters. The van der Waals surface area contributed by atoms with E-state index in [0.29, 0.717) is 6.04 Å². The average molecular weight is 212 g/mol. The van der Waals surface area contributed by atoms with Crippen LogP contribution in [0.4, 0.5) is 0 Å². The van der Waals surface area contributed by atoms with Gasteiger partial charge in [0.25, 0.3) is 0 Å². The summed E-state index contributed by atoms with van der Waals surface area (Å²) >= 11 is 0. The molecule has 0 spiro atoms. The summed E-state index contributed by atoms with van der Waals surface area (Å²) < 4.78 is 0. The molecule has 0 aromatic heterocycles. The second-order valence-corrected chi connectivity index (χ2v) is 4.74. The molecule has 90 valence electrons. The summed E-state index contributed by atoms with van der Waals surface area (Å²) in [7, 11) is 4.27. The third-order valence-corrected chi connectivity index (χ3v) is 2.53. The van der Waals surface area contributed by atoms with Gasteiger partial charge in [-0.3, -0.25) is 0 Å². The molecule has 0 aliphatic heterocycles. The van der Waals surface area contributed by atoms with Crippen molar-refractivity contribution < 1.29 is 0 Å². The van der Waals surface area contributed by atoms with Gasteiger partial charge in [-0.15, -0.1) is 6.58 Å². The number of allylic oxidation sites excluding steroid dienone is 1. The van der Waals surface area contributed by atoms with Gasteiger partial charge in [0, 0.05) is 6.04 Å². The van der Waals surface area contributed by atoms with Crippen LogP contribution in [0, 0.1) is 0 Å². The summed E-state index contributed by atoms with van der Waals surface area (Å²) in [6.45, 7) is 10.6. The first-order chi connectivity index (χ1) is 7.06. The van der Waals surface area contributed by atoms with Crippen molar-refractivity contribution in [2.75, 3.05) is 27.2 Å². The smallest absolute Gasteiger partial charge is 0.00822 e. The summed E-state index contributed by atoms with van der Waals surface area (Å²) in [4.78, 5) is 2.25. The molecule has 0 aromatic rings. The van der Waals surface area contributed by atoms with Gasteiger partial charge in [-0.2, -0.15) is 0 Å². The lowest BCUT2D eigenvalue weighted by Gasteiger charge is -2.20. The van der Waals surface area contributed by atoms with Gasteiger partial charge in [-0.25, -0.2) is 0 Å². The minimum Gasteiger partial charge on any atom is -0.314 e. The van der Waals surface area contributed by atoms with Crippen molar-refractivity contribution in [2.45, 2.75) is 45.6 Å². The maximum atomic E-state index is 3.96. The predicted octanol–water partition coefficient (Wildman–Crippen LogP) is 2.66. The first kappa shape index (κ1) is 14.7. The first-order valence-electron chi connectivity index (χ1n) is 6.08. The van der Waals surface area contributed by atoms with Crippen LogP contribution in [0.2, 0.25) is 0 Å². The van der Waals surface area contributed by atoms with Crippen LogP contribution in [0.25, 0.3) is 0 Å². The van der Waals surface area contributed by atoms with E-state index < -0.39 is 0 Å². The van der Waals surface area contributed by atoms with E-state index in [0.717, 1.165) is 19.5 Å². The summed E-state index contributed by atoms with van der Waals surface area (Å²) in [6.07, 6.45) is 4.82. The van der Waals surface area contributed by atoms with Crippen molar-refractivity contribution in [3.63, 3.8) is 0 Å². The van der Waals surface area contributed by atoms with Crippen LogP contribution in [-0.2, 0) is 0 Å². The summed E-state index contributed by atoms with van der Waals surface area (Å²) in [6, 6.07) is 0.657. The van der Waals surface area contributed by atoms with Crippen LogP contribution >= 0.6 is 0 Å². The zero-order valence-corrected chi connectivity index (χ0v) is 11.0. The molecule has 2 nitrogen and oxygen atoms in total. The molecule has 1 atom stereocenters. The Labute approximate surface area is 95.7 Å². The Morgan fingerprint density at radius 3 is 2.47 bits per heavy atom. The van der Waals surface area contributed by atoms with E-state index in [1.165, 1.54) is 24.8 Å². The van der Waals surface area contributed by atoms with Gasteiger partial charge >= 0.3 is 0 Å². The number of hydrogen-bond acceptors (Lipinski definition) is 2. The fraction of sp³-hybridized carbons (Fsp3) is 0.846. The van der Waals surface area contributed by atoms with Crippen LogP contribution in [0.15, 0.2) is 12.2 Å². The Kier molecular flexibility index (Phi) is 8.73. The molecule has 0 amide bonds. The van der Waals surface area contributed by atoms with E-state index in [4.69, 9.17) is 0 Å². The van der Waals surface area contributed by atoms with Gasteiger partial charge in [0.1, 0.15) is 0 Å². The summed E-state index contributed by atoms with van der Waals surface area (Å²) in [5.41, 5.74) is 1.29. The lowest BCUT2D eigenvalue weighted by molar-refractivity contribution is 0.349. The highest BCUT2D eigenvalue weighted by Gasteiger charge is 2.07. The SMILES string of the molecule is C=C(C)CCC(CCN(C)C)NCCC. The Bertz CT molecular complexity index is 164. The van der Waals surface area contributed by atoms with Gasteiger partial charge < -0.3 is 10.2 Å². The molecule has 0 saturated carbocycles. The zero-order chi connectivity index (χ0) is 11.7. The molecule has 0 rings (SSSR count). The van der Waals surface area contributed by atoms with E-state index >= 15 is 0 Å². The van der Waals surface area contributed by atoms with Crippen molar-refractivity contribution in [3.05, 3.63) is 12.2 Å². The Hall–Kier alpha value is -0.340. The molecule has 0 aromatic carbocycles. The Balaban J connectivity index is 3.77. The molecule has 0 radical (unpaired) electrons. The molecule has 1 N–H and O–H groups in total. The first-order valence-corrected chi connectivity index (χ1v) is 6.08. The quantitative estimate of drug-likeness (QED) is 0.591. The van der Waals surface area contributed by atoms with E-state index in [9.17, 15) is 0 Å². The van der Waals surface area contributed by atoms with Crippen molar-refractivity contribution in [2.24, 2.45) is 0 Å². The second-order valence-electron chi connectivity index (χ2n) is 4.74. The molecule has 2 heteroatoms. The molecule has 15 heavy (non-hydrogen) atoms. The molecule has 0 saturated heterocycles. The van der Waals surface area contributed by atoms with Gasteiger partial charge in [-0.1, -0.05) is 12.5 Å². The minimum atomic E-state index is 0.657. The second kappa shape index (κ2) is 8.93. The maximum Gasteiger partial charge on any atom is 0.00822 e. The van der Waals surface area contributed by atoms with E-state index in [2.05, 4.69) is 44.7 Å². The summed E-state index contributed by atoms with van der Waals surface area (Å²) in [5.74, 6) is 0. The largest absolute Gasteiger partial charge is 0.314 e. The number of hydrogen-bond donors (Lipinski definition) is 1. The van der Waals surface area contributed by atoms with Crippen LogP contribution in [0.1, 0.15) is 39.5 Å². The fourth-order valence-corrected chi connectivity index (χ4v) is 1.53. The standard InChI is InChI=1S/C13H28N2/c1-6-10-14-13(8-7-12(2)3)9-11-15(4)5/h13-14H,2,6-11H2,1,3-5H3. The molecule has 0 heterocycles. The fourth-order valence-electron chi connectivity index (χ4n) is 1.53. The highest BCUT2D eigenvalue weighted by atomic mass is 15.1. The topological polar surface area (TPSA) is 15.3 Å². The third kappa shape index (κ3) is 9.95. The van der Waals surface area contributed by atoms with E-state index in [1.807, 2.05) is 0 Å². The lowest BCUT2D eigenvalue weighted by atomic mass is 10.0. The maximum absolute atomic E-state index is 3.96. The lowest BCUT2D eigenvalue weighted by Crippen LogP contribution is -2.33. The van der Waals surface area contributed by atoms with Gasteiger partial charge in [0.2, 0.25) is 0 Å². The average Bonchev–Trinajstić information content (AvgIpc) is 2.16. The number of nitrogens with one attached hydrogen (secondary N) is 1. The Morgan fingerprint density at radius 1 is 1.33 bits per heavy atom. The van der Waals surface area contributed by atoms with E-state index in [-0.39, 0.29) is 0 Å². The highest BCUT2D eigenvalue weighted by Crippen LogP contribution is 2.08.